The Bertz CT molecular complexity index is 960. The van der Waals surface area contributed by atoms with E-state index in [9.17, 15) is 4.79 Å². The Hall–Kier alpha value is -3.61. The van der Waals surface area contributed by atoms with Crippen molar-refractivity contribution in [3.05, 3.63) is 65.9 Å². The molecule has 7 heteroatoms. The average molecular weight is 378 g/mol. The summed E-state index contributed by atoms with van der Waals surface area (Å²) >= 11 is 0. The number of hydrogen-bond donors (Lipinski definition) is 2. The Morgan fingerprint density at radius 2 is 1.79 bits per heavy atom. The van der Waals surface area contributed by atoms with Crippen LogP contribution in [0.3, 0.4) is 0 Å². The number of ether oxygens (including phenoxy) is 2. The van der Waals surface area contributed by atoms with Crippen LogP contribution in [0.5, 0.6) is 11.5 Å². The van der Waals surface area contributed by atoms with E-state index in [2.05, 4.69) is 20.7 Å². The van der Waals surface area contributed by atoms with Gasteiger partial charge in [-0.15, -0.1) is 0 Å². The lowest BCUT2D eigenvalue weighted by Gasteiger charge is -2.05. The van der Waals surface area contributed by atoms with E-state index in [1.54, 1.807) is 13.2 Å². The van der Waals surface area contributed by atoms with Crippen LogP contribution in [0.4, 0.5) is 0 Å². The summed E-state index contributed by atoms with van der Waals surface area (Å²) in [6, 6.07) is 16.7. The number of nitrogens with one attached hydrogen (secondary N) is 2. The molecule has 7 nitrogen and oxygen atoms in total. The molecule has 0 spiro atoms. The number of aromatic amines is 1. The molecule has 1 aromatic heterocycles. The molecular weight excluding hydrogens is 356 g/mol. The van der Waals surface area contributed by atoms with Gasteiger partial charge in [0.25, 0.3) is 5.91 Å². The number of aromatic nitrogens is 2. The zero-order valence-electron chi connectivity index (χ0n) is 16.0. The number of carbonyl (C=O) groups is 1. The first-order chi connectivity index (χ1) is 13.6. The molecule has 1 heterocycles. The van der Waals surface area contributed by atoms with Gasteiger partial charge in [-0.1, -0.05) is 0 Å². The lowest BCUT2D eigenvalue weighted by molar-refractivity contribution is 0.0950. The summed E-state index contributed by atoms with van der Waals surface area (Å²) < 4.78 is 10.6. The Morgan fingerprint density at radius 1 is 1.11 bits per heavy atom. The van der Waals surface area contributed by atoms with Gasteiger partial charge in [0.05, 0.1) is 25.1 Å². The van der Waals surface area contributed by atoms with Crippen LogP contribution in [0.15, 0.2) is 59.7 Å². The first kappa shape index (κ1) is 19.2. The number of benzene rings is 2. The topological polar surface area (TPSA) is 88.6 Å². The molecule has 0 aliphatic heterocycles. The first-order valence-electron chi connectivity index (χ1n) is 8.88. The lowest BCUT2D eigenvalue weighted by atomic mass is 10.1. The second-order valence-electron chi connectivity index (χ2n) is 5.99. The van der Waals surface area contributed by atoms with Crippen molar-refractivity contribution in [2.45, 2.75) is 13.8 Å². The standard InChI is InChI=1S/C21H22N4O3/c1-4-28-18-11-5-15(6-12-18)14(2)22-25-21(26)20-13-19(23-24-20)16-7-9-17(27-3)10-8-16/h5-13H,4H2,1-3H3,(H,23,24)(H,25,26)/b22-14+. The number of amides is 1. The third-order valence-electron chi connectivity index (χ3n) is 4.12. The van der Waals surface area contributed by atoms with E-state index >= 15 is 0 Å². The molecule has 2 N–H and O–H groups in total. The van der Waals surface area contributed by atoms with E-state index in [1.165, 1.54) is 0 Å². The fraction of sp³-hybridized carbons (Fsp3) is 0.190. The lowest BCUT2D eigenvalue weighted by Crippen LogP contribution is -2.19. The second kappa shape index (κ2) is 8.85. The molecule has 28 heavy (non-hydrogen) atoms. The minimum absolute atomic E-state index is 0.328. The van der Waals surface area contributed by atoms with E-state index in [0.717, 1.165) is 22.6 Å². The molecule has 3 aromatic rings. The molecule has 0 radical (unpaired) electrons. The Kier molecular flexibility index (Phi) is 6.06. The number of nitrogens with zero attached hydrogens (tertiary/aromatic N) is 2. The van der Waals surface area contributed by atoms with Crippen molar-refractivity contribution >= 4 is 11.6 Å². The number of hydrogen-bond acceptors (Lipinski definition) is 5. The second-order valence-corrected chi connectivity index (χ2v) is 5.99. The number of H-pyrrole nitrogens is 1. The van der Waals surface area contributed by atoms with Crippen molar-refractivity contribution in [3.63, 3.8) is 0 Å². The van der Waals surface area contributed by atoms with Crippen LogP contribution in [-0.4, -0.2) is 35.5 Å². The third kappa shape index (κ3) is 4.56. The molecule has 0 saturated heterocycles. The molecule has 144 valence electrons. The van der Waals surface area contributed by atoms with Gasteiger partial charge >= 0.3 is 0 Å². The van der Waals surface area contributed by atoms with Crippen LogP contribution in [-0.2, 0) is 0 Å². The van der Waals surface area contributed by atoms with Crippen LogP contribution >= 0.6 is 0 Å². The third-order valence-corrected chi connectivity index (χ3v) is 4.12. The van der Waals surface area contributed by atoms with Gasteiger partial charge < -0.3 is 9.47 Å². The van der Waals surface area contributed by atoms with Crippen LogP contribution in [0.1, 0.15) is 29.9 Å². The zero-order chi connectivity index (χ0) is 19.9. The van der Waals surface area contributed by atoms with Gasteiger partial charge in [-0.05, 0) is 74.0 Å². The number of rotatable bonds is 7. The minimum Gasteiger partial charge on any atom is -0.497 e. The van der Waals surface area contributed by atoms with Crippen molar-refractivity contribution in [2.24, 2.45) is 5.10 Å². The van der Waals surface area contributed by atoms with Crippen molar-refractivity contribution in [1.82, 2.24) is 15.6 Å². The molecule has 0 saturated carbocycles. The maximum absolute atomic E-state index is 12.3. The van der Waals surface area contributed by atoms with Gasteiger partial charge in [0.1, 0.15) is 17.2 Å². The van der Waals surface area contributed by atoms with Gasteiger partial charge in [0, 0.05) is 5.56 Å². The summed E-state index contributed by atoms with van der Waals surface area (Å²) in [7, 11) is 1.61. The van der Waals surface area contributed by atoms with E-state index in [4.69, 9.17) is 9.47 Å². The van der Waals surface area contributed by atoms with Crippen LogP contribution in [0, 0.1) is 0 Å². The molecular formula is C21H22N4O3. The smallest absolute Gasteiger partial charge is 0.289 e. The molecule has 0 bridgehead atoms. The van der Waals surface area contributed by atoms with E-state index in [0.29, 0.717) is 23.7 Å². The molecule has 0 aliphatic rings. The summed E-state index contributed by atoms with van der Waals surface area (Å²) in [6.07, 6.45) is 0. The molecule has 1 amide bonds. The Morgan fingerprint density at radius 3 is 2.43 bits per heavy atom. The normalized spacial score (nSPS) is 11.2. The maximum Gasteiger partial charge on any atom is 0.289 e. The number of hydrazone groups is 1. The SMILES string of the molecule is CCOc1ccc(/C(C)=N/NC(=O)c2cc(-c3ccc(OC)cc3)n[nH]2)cc1. The number of carbonyl (C=O) groups excluding carboxylic acids is 1. The fourth-order valence-corrected chi connectivity index (χ4v) is 2.57. The van der Waals surface area contributed by atoms with Gasteiger partial charge in [-0.2, -0.15) is 10.2 Å². The van der Waals surface area contributed by atoms with E-state index < -0.39 is 0 Å². The summed E-state index contributed by atoms with van der Waals surface area (Å²) in [5.74, 6) is 1.19. The van der Waals surface area contributed by atoms with Gasteiger partial charge in [0.2, 0.25) is 0 Å². The fourth-order valence-electron chi connectivity index (χ4n) is 2.57. The van der Waals surface area contributed by atoms with Crippen LogP contribution in [0.2, 0.25) is 0 Å². The predicted octanol–water partition coefficient (Wildman–Crippen LogP) is 3.64. The highest BCUT2D eigenvalue weighted by Crippen LogP contribution is 2.21. The highest BCUT2D eigenvalue weighted by molar-refractivity contribution is 6.00. The quantitative estimate of drug-likeness (QED) is 0.485. The van der Waals surface area contributed by atoms with Gasteiger partial charge in [-0.25, -0.2) is 5.43 Å². The summed E-state index contributed by atoms with van der Waals surface area (Å²) in [5, 5.41) is 11.1. The van der Waals surface area contributed by atoms with Gasteiger partial charge in [0.15, 0.2) is 0 Å². The molecule has 2 aromatic carbocycles. The highest BCUT2D eigenvalue weighted by Gasteiger charge is 2.11. The molecule has 0 unspecified atom stereocenters. The maximum atomic E-state index is 12.3. The van der Waals surface area contributed by atoms with Crippen molar-refractivity contribution in [2.75, 3.05) is 13.7 Å². The van der Waals surface area contributed by atoms with Crippen molar-refractivity contribution in [1.29, 1.82) is 0 Å². The van der Waals surface area contributed by atoms with Crippen molar-refractivity contribution in [3.8, 4) is 22.8 Å². The number of methoxy groups -OCH3 is 1. The average Bonchev–Trinajstić information content (AvgIpc) is 3.23. The largest absolute Gasteiger partial charge is 0.497 e. The van der Waals surface area contributed by atoms with Crippen molar-refractivity contribution < 1.29 is 14.3 Å². The van der Waals surface area contributed by atoms with E-state index in [-0.39, 0.29) is 5.91 Å². The van der Waals surface area contributed by atoms with Gasteiger partial charge in [-0.3, -0.25) is 9.89 Å². The summed E-state index contributed by atoms with van der Waals surface area (Å²) in [4.78, 5) is 12.3. The molecule has 0 aliphatic carbocycles. The monoisotopic (exact) mass is 378 g/mol. The molecule has 3 rings (SSSR count). The predicted molar refractivity (Wildman–Crippen MR) is 108 cm³/mol. The first-order valence-corrected chi connectivity index (χ1v) is 8.88. The molecule has 0 fully saturated rings. The molecule has 0 atom stereocenters. The summed E-state index contributed by atoms with van der Waals surface area (Å²) in [6.45, 7) is 4.38. The zero-order valence-corrected chi connectivity index (χ0v) is 16.0. The minimum atomic E-state index is -0.363. The Labute approximate surface area is 163 Å². The highest BCUT2D eigenvalue weighted by atomic mass is 16.5. The Balaban J connectivity index is 1.65. The summed E-state index contributed by atoms with van der Waals surface area (Å²) in [5.41, 5.74) is 6.00. The van der Waals surface area contributed by atoms with Crippen LogP contribution in [0.25, 0.3) is 11.3 Å². The van der Waals surface area contributed by atoms with Crippen LogP contribution < -0.4 is 14.9 Å². The van der Waals surface area contributed by atoms with E-state index in [1.807, 2.05) is 62.4 Å².